The van der Waals surface area contributed by atoms with Gasteiger partial charge < -0.3 is 4.74 Å². The minimum Gasteiger partial charge on any atom is -0.375 e. The van der Waals surface area contributed by atoms with E-state index >= 15 is 0 Å². The van der Waals surface area contributed by atoms with Crippen LogP contribution < -0.4 is 0 Å². The van der Waals surface area contributed by atoms with Crippen LogP contribution in [0.2, 0.25) is 0 Å². The molecule has 116 valence electrons. The Morgan fingerprint density at radius 3 is 2.71 bits per heavy atom. The average Bonchev–Trinajstić information content (AvgIpc) is 2.54. The number of ether oxygens (including phenoxy) is 1. The number of rotatable bonds is 4. The van der Waals surface area contributed by atoms with E-state index in [0.29, 0.717) is 23.6 Å². The maximum Gasteiger partial charge on any atom is 0.179 e. The van der Waals surface area contributed by atoms with Gasteiger partial charge in [0.15, 0.2) is 9.84 Å². The van der Waals surface area contributed by atoms with Crippen molar-refractivity contribution in [3.05, 3.63) is 30.3 Å². The predicted molar refractivity (Wildman–Crippen MR) is 82.1 cm³/mol. The van der Waals surface area contributed by atoms with Gasteiger partial charge in [-0.3, -0.25) is 4.90 Å². The van der Waals surface area contributed by atoms with E-state index in [1.807, 2.05) is 6.07 Å². The molecule has 0 unspecified atom stereocenters. The molecule has 2 atom stereocenters. The van der Waals surface area contributed by atoms with Crippen molar-refractivity contribution in [2.24, 2.45) is 0 Å². The maximum absolute atomic E-state index is 12.4. The van der Waals surface area contributed by atoms with Gasteiger partial charge in [-0.1, -0.05) is 31.0 Å². The van der Waals surface area contributed by atoms with E-state index in [2.05, 4.69) is 4.90 Å². The Morgan fingerprint density at radius 1 is 1.14 bits per heavy atom. The van der Waals surface area contributed by atoms with Crippen LogP contribution in [-0.2, 0) is 14.6 Å². The normalized spacial score (nSPS) is 27.2. The van der Waals surface area contributed by atoms with Crippen molar-refractivity contribution in [3.8, 4) is 0 Å². The molecule has 1 saturated carbocycles. The van der Waals surface area contributed by atoms with E-state index in [1.54, 1.807) is 24.3 Å². The maximum atomic E-state index is 12.4. The lowest BCUT2D eigenvalue weighted by molar-refractivity contribution is -0.0859. The average molecular weight is 309 g/mol. The molecule has 0 amide bonds. The monoisotopic (exact) mass is 309 g/mol. The highest BCUT2D eigenvalue weighted by molar-refractivity contribution is 7.91. The first-order valence-electron chi connectivity index (χ1n) is 7.80. The second kappa shape index (κ2) is 6.46. The van der Waals surface area contributed by atoms with Gasteiger partial charge in [0.1, 0.15) is 0 Å². The number of nitrogens with zero attached hydrogens (tertiary/aromatic N) is 1. The molecule has 1 saturated heterocycles. The Kier molecular flexibility index (Phi) is 4.62. The molecule has 2 aliphatic rings. The fourth-order valence-electron chi connectivity index (χ4n) is 3.44. The van der Waals surface area contributed by atoms with Crippen molar-refractivity contribution in [3.63, 3.8) is 0 Å². The zero-order valence-electron chi connectivity index (χ0n) is 12.3. The number of hydrogen-bond acceptors (Lipinski definition) is 4. The quantitative estimate of drug-likeness (QED) is 0.854. The fraction of sp³-hybridized carbons (Fsp3) is 0.625. The Bertz CT molecular complexity index is 556. The minimum absolute atomic E-state index is 0.195. The van der Waals surface area contributed by atoms with Crippen LogP contribution >= 0.6 is 0 Å². The van der Waals surface area contributed by atoms with Crippen LogP contribution in [0.15, 0.2) is 35.2 Å². The topological polar surface area (TPSA) is 46.6 Å². The van der Waals surface area contributed by atoms with E-state index in [1.165, 1.54) is 12.8 Å². The van der Waals surface area contributed by atoms with Crippen LogP contribution in [-0.4, -0.2) is 50.9 Å². The van der Waals surface area contributed by atoms with Gasteiger partial charge in [-0.05, 0) is 25.0 Å². The highest BCUT2D eigenvalue weighted by Crippen LogP contribution is 2.28. The smallest absolute Gasteiger partial charge is 0.179 e. The van der Waals surface area contributed by atoms with Crippen molar-refractivity contribution >= 4 is 9.84 Å². The van der Waals surface area contributed by atoms with Crippen molar-refractivity contribution < 1.29 is 13.2 Å². The van der Waals surface area contributed by atoms with Gasteiger partial charge >= 0.3 is 0 Å². The molecular formula is C16H23NO3S. The highest BCUT2D eigenvalue weighted by Gasteiger charge is 2.34. The van der Waals surface area contributed by atoms with Crippen LogP contribution in [0.5, 0.6) is 0 Å². The Labute approximate surface area is 127 Å². The van der Waals surface area contributed by atoms with Crippen LogP contribution in [0, 0.1) is 0 Å². The van der Waals surface area contributed by atoms with E-state index in [-0.39, 0.29) is 5.75 Å². The number of morpholine rings is 1. The molecule has 21 heavy (non-hydrogen) atoms. The van der Waals surface area contributed by atoms with Gasteiger partial charge in [0, 0.05) is 19.1 Å². The van der Waals surface area contributed by atoms with Gasteiger partial charge in [0.05, 0.1) is 23.4 Å². The third-order valence-electron chi connectivity index (χ3n) is 4.60. The summed E-state index contributed by atoms with van der Waals surface area (Å²) < 4.78 is 30.6. The van der Waals surface area contributed by atoms with E-state index in [0.717, 1.165) is 26.0 Å². The van der Waals surface area contributed by atoms with Crippen molar-refractivity contribution in [1.29, 1.82) is 0 Å². The molecule has 2 fully saturated rings. The summed E-state index contributed by atoms with van der Waals surface area (Å²) in [6, 6.07) is 9.17. The number of hydrogen-bond donors (Lipinski definition) is 0. The summed E-state index contributed by atoms with van der Waals surface area (Å²) in [4.78, 5) is 2.76. The van der Waals surface area contributed by atoms with Gasteiger partial charge in [0.2, 0.25) is 0 Å². The lowest BCUT2D eigenvalue weighted by atomic mass is 9.90. The SMILES string of the molecule is O=S(=O)(CCN1CCO[C@H]2CCCC[C@@H]21)c1ccccc1. The molecule has 0 radical (unpaired) electrons. The summed E-state index contributed by atoms with van der Waals surface area (Å²) in [5, 5.41) is 0. The Morgan fingerprint density at radius 2 is 1.90 bits per heavy atom. The molecule has 1 aromatic carbocycles. The summed E-state index contributed by atoms with van der Waals surface area (Å²) in [6.45, 7) is 2.19. The molecule has 0 N–H and O–H groups in total. The van der Waals surface area contributed by atoms with Gasteiger partial charge in [-0.25, -0.2) is 8.42 Å². The summed E-state index contributed by atoms with van der Waals surface area (Å²) >= 11 is 0. The largest absolute Gasteiger partial charge is 0.375 e. The van der Waals surface area contributed by atoms with E-state index in [4.69, 9.17) is 4.74 Å². The van der Waals surface area contributed by atoms with Crippen molar-refractivity contribution in [2.75, 3.05) is 25.4 Å². The minimum atomic E-state index is -3.18. The molecule has 0 aromatic heterocycles. The van der Waals surface area contributed by atoms with Crippen LogP contribution in [0.1, 0.15) is 25.7 Å². The fourth-order valence-corrected chi connectivity index (χ4v) is 4.72. The Hall–Kier alpha value is -0.910. The van der Waals surface area contributed by atoms with Crippen molar-refractivity contribution in [2.45, 2.75) is 42.7 Å². The highest BCUT2D eigenvalue weighted by atomic mass is 32.2. The molecule has 5 heteroatoms. The molecule has 1 aliphatic carbocycles. The number of benzene rings is 1. The molecular weight excluding hydrogens is 286 g/mol. The zero-order valence-corrected chi connectivity index (χ0v) is 13.1. The van der Waals surface area contributed by atoms with Crippen LogP contribution in [0.25, 0.3) is 0 Å². The molecule has 0 spiro atoms. The van der Waals surface area contributed by atoms with Gasteiger partial charge in [-0.2, -0.15) is 0 Å². The summed E-state index contributed by atoms with van der Waals surface area (Å²) in [5.74, 6) is 0.195. The molecule has 1 aromatic rings. The first-order chi connectivity index (χ1) is 10.2. The summed E-state index contributed by atoms with van der Waals surface area (Å²) in [5.41, 5.74) is 0. The van der Waals surface area contributed by atoms with Crippen LogP contribution in [0.3, 0.4) is 0 Å². The molecule has 4 nitrogen and oxygen atoms in total. The molecule has 0 bridgehead atoms. The summed E-state index contributed by atoms with van der Waals surface area (Å²) in [6.07, 6.45) is 5.03. The van der Waals surface area contributed by atoms with Gasteiger partial charge in [0.25, 0.3) is 0 Å². The molecule has 1 aliphatic heterocycles. The summed E-state index contributed by atoms with van der Waals surface area (Å²) in [7, 11) is -3.18. The number of fused-ring (bicyclic) bond motifs is 1. The van der Waals surface area contributed by atoms with Gasteiger partial charge in [-0.15, -0.1) is 0 Å². The van der Waals surface area contributed by atoms with Crippen LogP contribution in [0.4, 0.5) is 0 Å². The lowest BCUT2D eigenvalue weighted by Crippen LogP contribution is -2.53. The second-order valence-corrected chi connectivity index (χ2v) is 8.04. The third kappa shape index (κ3) is 3.47. The van der Waals surface area contributed by atoms with E-state index < -0.39 is 9.84 Å². The number of sulfone groups is 1. The first kappa shape index (κ1) is 15.0. The first-order valence-corrected chi connectivity index (χ1v) is 9.45. The lowest BCUT2D eigenvalue weighted by Gasteiger charge is -2.43. The Balaban J connectivity index is 1.64. The predicted octanol–water partition coefficient (Wildman–Crippen LogP) is 2.10. The standard InChI is InChI=1S/C16H23NO3S/c18-21(19,14-6-2-1-3-7-14)13-11-17-10-12-20-16-9-5-4-8-15(16)17/h1-3,6-7,15-16H,4-5,8-13H2/t15-,16-/m0/s1. The zero-order chi connectivity index (χ0) is 14.7. The second-order valence-electron chi connectivity index (χ2n) is 5.93. The third-order valence-corrected chi connectivity index (χ3v) is 6.31. The molecule has 3 rings (SSSR count). The molecule has 1 heterocycles. The van der Waals surface area contributed by atoms with Crippen molar-refractivity contribution in [1.82, 2.24) is 4.90 Å². The van der Waals surface area contributed by atoms with E-state index in [9.17, 15) is 8.42 Å².